The van der Waals surface area contributed by atoms with Crippen LogP contribution in [0.25, 0.3) is 0 Å². The second-order valence-corrected chi connectivity index (χ2v) is 5.95. The van der Waals surface area contributed by atoms with Crippen LogP contribution in [0.3, 0.4) is 0 Å². The fourth-order valence-electron chi connectivity index (χ4n) is 2.39. The molecule has 0 aliphatic heterocycles. The highest BCUT2D eigenvalue weighted by atomic mass is 35.5. The lowest BCUT2D eigenvalue weighted by Gasteiger charge is -2.17. The SMILES string of the molecule is CCOc1cccc(CNC(=NC)NCCOc2ncccc2Cl)c1OC(F)F. The topological polar surface area (TPSA) is 77.0 Å². The van der Waals surface area contributed by atoms with Gasteiger partial charge in [0.25, 0.3) is 0 Å². The molecule has 0 aliphatic rings. The van der Waals surface area contributed by atoms with E-state index in [1.807, 2.05) is 0 Å². The summed E-state index contributed by atoms with van der Waals surface area (Å²) in [5.41, 5.74) is 0.510. The summed E-state index contributed by atoms with van der Waals surface area (Å²) in [7, 11) is 1.60. The molecule has 0 fully saturated rings. The Hall–Kier alpha value is -2.81. The number of aromatic nitrogens is 1. The highest BCUT2D eigenvalue weighted by Crippen LogP contribution is 2.32. The molecule has 0 radical (unpaired) electrons. The molecule has 7 nitrogen and oxygen atoms in total. The van der Waals surface area contributed by atoms with Crippen molar-refractivity contribution in [2.45, 2.75) is 20.1 Å². The first kappa shape index (κ1) is 22.5. The Morgan fingerprint density at radius 3 is 2.72 bits per heavy atom. The van der Waals surface area contributed by atoms with E-state index in [0.29, 0.717) is 42.2 Å². The lowest BCUT2D eigenvalue weighted by atomic mass is 10.2. The standard InChI is InChI=1S/C19H23ClF2N4O3/c1-3-27-15-8-4-6-13(16(15)29-18(21)22)12-26-19(23-2)25-10-11-28-17-14(20)7-5-9-24-17/h4-9,18H,3,10-12H2,1-2H3,(H2,23,25,26). The largest absolute Gasteiger partial charge is 0.490 e. The average Bonchev–Trinajstić information content (AvgIpc) is 2.70. The summed E-state index contributed by atoms with van der Waals surface area (Å²) in [6, 6.07) is 8.37. The van der Waals surface area contributed by atoms with Crippen LogP contribution in [0.2, 0.25) is 5.02 Å². The molecule has 0 amide bonds. The van der Waals surface area contributed by atoms with Gasteiger partial charge in [0.1, 0.15) is 11.6 Å². The molecule has 1 aromatic carbocycles. The van der Waals surface area contributed by atoms with E-state index in [4.69, 9.17) is 21.1 Å². The van der Waals surface area contributed by atoms with Crippen molar-refractivity contribution in [1.82, 2.24) is 15.6 Å². The van der Waals surface area contributed by atoms with Crippen molar-refractivity contribution in [2.24, 2.45) is 4.99 Å². The minimum Gasteiger partial charge on any atom is -0.490 e. The highest BCUT2D eigenvalue weighted by molar-refractivity contribution is 6.31. The van der Waals surface area contributed by atoms with Gasteiger partial charge in [-0.15, -0.1) is 0 Å². The Kier molecular flexibility index (Phi) is 9.23. The molecule has 1 heterocycles. The van der Waals surface area contributed by atoms with Gasteiger partial charge in [-0.05, 0) is 25.1 Å². The minimum atomic E-state index is -2.96. The second-order valence-electron chi connectivity index (χ2n) is 5.55. The normalized spacial score (nSPS) is 11.3. The summed E-state index contributed by atoms with van der Waals surface area (Å²) in [4.78, 5) is 8.12. The van der Waals surface area contributed by atoms with Crippen LogP contribution in [0.5, 0.6) is 17.4 Å². The zero-order valence-electron chi connectivity index (χ0n) is 16.1. The number of guanidine groups is 1. The first-order chi connectivity index (χ1) is 14.0. The third-order valence-electron chi connectivity index (χ3n) is 3.60. The van der Waals surface area contributed by atoms with E-state index >= 15 is 0 Å². The summed E-state index contributed by atoms with van der Waals surface area (Å²) < 4.78 is 41.1. The van der Waals surface area contributed by atoms with Gasteiger partial charge in [-0.25, -0.2) is 4.98 Å². The van der Waals surface area contributed by atoms with Gasteiger partial charge in [0.05, 0.1) is 13.2 Å². The summed E-state index contributed by atoms with van der Waals surface area (Å²) in [5.74, 6) is 1.07. The number of aliphatic imine (C=N–C) groups is 1. The monoisotopic (exact) mass is 428 g/mol. The molecule has 0 unspecified atom stereocenters. The number of halogens is 3. The van der Waals surface area contributed by atoms with Gasteiger partial charge in [0.15, 0.2) is 17.5 Å². The number of hydrogen-bond donors (Lipinski definition) is 2. The Morgan fingerprint density at radius 1 is 1.21 bits per heavy atom. The molecule has 2 aromatic rings. The highest BCUT2D eigenvalue weighted by Gasteiger charge is 2.16. The van der Waals surface area contributed by atoms with Gasteiger partial charge >= 0.3 is 6.61 Å². The molecule has 2 N–H and O–H groups in total. The van der Waals surface area contributed by atoms with Crippen molar-refractivity contribution in [1.29, 1.82) is 0 Å². The fraction of sp³-hybridized carbons (Fsp3) is 0.368. The summed E-state index contributed by atoms with van der Waals surface area (Å²) in [6.45, 7) is 0.0741. The van der Waals surface area contributed by atoms with Gasteiger partial charge in [0.2, 0.25) is 5.88 Å². The number of nitrogens with zero attached hydrogens (tertiary/aromatic N) is 2. The molecule has 0 bridgehead atoms. The number of benzene rings is 1. The fourth-order valence-corrected chi connectivity index (χ4v) is 2.56. The molecule has 0 aliphatic carbocycles. The van der Waals surface area contributed by atoms with Crippen LogP contribution in [0, 0.1) is 0 Å². The molecule has 29 heavy (non-hydrogen) atoms. The molecule has 158 valence electrons. The zero-order valence-corrected chi connectivity index (χ0v) is 16.9. The van der Waals surface area contributed by atoms with Crippen LogP contribution in [-0.4, -0.2) is 44.4 Å². The van der Waals surface area contributed by atoms with Gasteiger partial charge < -0.3 is 24.8 Å². The first-order valence-corrected chi connectivity index (χ1v) is 9.30. The first-order valence-electron chi connectivity index (χ1n) is 8.92. The summed E-state index contributed by atoms with van der Waals surface area (Å²) in [6.07, 6.45) is 1.59. The quantitative estimate of drug-likeness (QED) is 0.343. The van der Waals surface area contributed by atoms with E-state index in [0.717, 1.165) is 0 Å². The van der Waals surface area contributed by atoms with Crippen molar-refractivity contribution in [2.75, 3.05) is 26.8 Å². The molecular weight excluding hydrogens is 406 g/mol. The van der Waals surface area contributed by atoms with Crippen LogP contribution >= 0.6 is 11.6 Å². The van der Waals surface area contributed by atoms with Crippen LogP contribution < -0.4 is 24.8 Å². The maximum Gasteiger partial charge on any atom is 0.387 e. The minimum absolute atomic E-state index is 0.000398. The third kappa shape index (κ3) is 7.26. The maximum absolute atomic E-state index is 12.8. The maximum atomic E-state index is 12.8. The Morgan fingerprint density at radius 2 is 2.03 bits per heavy atom. The van der Waals surface area contributed by atoms with E-state index in [1.54, 1.807) is 50.5 Å². The predicted molar refractivity (Wildman–Crippen MR) is 107 cm³/mol. The van der Waals surface area contributed by atoms with E-state index < -0.39 is 6.61 Å². The zero-order chi connectivity index (χ0) is 21.1. The van der Waals surface area contributed by atoms with Gasteiger partial charge in [0, 0.05) is 25.4 Å². The van der Waals surface area contributed by atoms with Gasteiger partial charge in [-0.3, -0.25) is 4.99 Å². The number of para-hydroxylation sites is 1. The Labute approximate surface area is 173 Å². The number of pyridine rings is 1. The molecule has 2 rings (SSSR count). The number of rotatable bonds is 10. The Balaban J connectivity index is 1.90. The van der Waals surface area contributed by atoms with E-state index in [2.05, 4.69) is 25.3 Å². The van der Waals surface area contributed by atoms with Crippen LogP contribution in [0.15, 0.2) is 41.5 Å². The molecule has 10 heteroatoms. The van der Waals surface area contributed by atoms with E-state index in [1.165, 1.54) is 0 Å². The van der Waals surface area contributed by atoms with Gasteiger partial charge in [-0.1, -0.05) is 23.7 Å². The Bertz CT molecular complexity index is 809. The molecule has 1 aromatic heterocycles. The van der Waals surface area contributed by atoms with Crippen molar-refractivity contribution in [3.63, 3.8) is 0 Å². The number of alkyl halides is 2. The van der Waals surface area contributed by atoms with Crippen molar-refractivity contribution in [3.05, 3.63) is 47.1 Å². The van der Waals surface area contributed by atoms with E-state index in [-0.39, 0.29) is 18.0 Å². The van der Waals surface area contributed by atoms with Crippen LogP contribution in [0.4, 0.5) is 8.78 Å². The van der Waals surface area contributed by atoms with Crippen molar-refractivity contribution >= 4 is 17.6 Å². The molecule has 0 saturated carbocycles. The lowest BCUT2D eigenvalue weighted by molar-refractivity contribution is -0.0520. The smallest absolute Gasteiger partial charge is 0.387 e. The number of hydrogen-bond acceptors (Lipinski definition) is 5. The number of ether oxygens (including phenoxy) is 3. The van der Waals surface area contributed by atoms with Crippen LogP contribution in [-0.2, 0) is 6.54 Å². The summed E-state index contributed by atoms with van der Waals surface area (Å²) in [5, 5.41) is 6.52. The van der Waals surface area contributed by atoms with Gasteiger partial charge in [-0.2, -0.15) is 8.78 Å². The molecule has 0 saturated heterocycles. The number of nitrogens with one attached hydrogen (secondary N) is 2. The predicted octanol–water partition coefficient (Wildman–Crippen LogP) is 3.48. The average molecular weight is 429 g/mol. The molecular formula is C19H23ClF2N4O3. The van der Waals surface area contributed by atoms with Crippen molar-refractivity contribution in [3.8, 4) is 17.4 Å². The van der Waals surface area contributed by atoms with Crippen molar-refractivity contribution < 1.29 is 23.0 Å². The second kappa shape index (κ2) is 11.9. The lowest BCUT2D eigenvalue weighted by Crippen LogP contribution is -2.39. The van der Waals surface area contributed by atoms with Crippen LogP contribution in [0.1, 0.15) is 12.5 Å². The molecule has 0 spiro atoms. The third-order valence-corrected chi connectivity index (χ3v) is 3.88. The molecule has 0 atom stereocenters. The van der Waals surface area contributed by atoms with E-state index in [9.17, 15) is 8.78 Å². The summed E-state index contributed by atoms with van der Waals surface area (Å²) >= 11 is 5.98.